The van der Waals surface area contributed by atoms with Crippen LogP contribution >= 0.6 is 11.3 Å². The summed E-state index contributed by atoms with van der Waals surface area (Å²) in [6.07, 6.45) is 0.901. The van der Waals surface area contributed by atoms with Gasteiger partial charge < -0.3 is 10.1 Å². The Balaban J connectivity index is 1.93. The lowest BCUT2D eigenvalue weighted by molar-refractivity contribution is -0.122. The fraction of sp³-hybridized carbons (Fsp3) is 0.167. The highest BCUT2D eigenvalue weighted by atomic mass is 32.2. The quantitative estimate of drug-likeness (QED) is 0.894. The number of carbonyl (C=O) groups excluding carboxylic acids is 1. The van der Waals surface area contributed by atoms with Crippen LogP contribution in [0.15, 0.2) is 34.7 Å². The molecule has 0 radical (unpaired) electrons. The number of aromatic nitrogens is 1. The van der Waals surface area contributed by atoms with Crippen molar-refractivity contribution in [1.29, 1.82) is 0 Å². The summed E-state index contributed by atoms with van der Waals surface area (Å²) in [7, 11) is -3.76. The Bertz CT molecular complexity index is 787. The van der Waals surface area contributed by atoms with Crippen molar-refractivity contribution < 1.29 is 17.9 Å². The topological polar surface area (TPSA) is 97.4 Å². The second-order valence-electron chi connectivity index (χ2n) is 4.35. The molecule has 1 unspecified atom stereocenters. The molecule has 2 heterocycles. The van der Waals surface area contributed by atoms with Crippen LogP contribution < -0.4 is 14.8 Å². The molecule has 1 aliphatic heterocycles. The summed E-state index contributed by atoms with van der Waals surface area (Å²) >= 11 is 1.18. The lowest BCUT2D eigenvalue weighted by Gasteiger charge is -2.23. The van der Waals surface area contributed by atoms with Gasteiger partial charge in [-0.1, -0.05) is 0 Å². The summed E-state index contributed by atoms with van der Waals surface area (Å²) in [6.45, 7) is 1.62. The van der Waals surface area contributed by atoms with E-state index < -0.39 is 16.1 Å². The number of hydrogen-bond acceptors (Lipinski definition) is 6. The minimum Gasteiger partial charge on any atom is -0.479 e. The maximum atomic E-state index is 12.2. The van der Waals surface area contributed by atoms with E-state index in [9.17, 15) is 13.2 Å². The van der Waals surface area contributed by atoms with Crippen molar-refractivity contribution in [3.05, 3.63) is 29.8 Å². The molecule has 0 aliphatic carbocycles. The highest BCUT2D eigenvalue weighted by molar-refractivity contribution is 7.93. The molecule has 0 saturated carbocycles. The molecule has 0 fully saturated rings. The molecule has 21 heavy (non-hydrogen) atoms. The van der Waals surface area contributed by atoms with E-state index in [4.69, 9.17) is 4.74 Å². The number of anilines is 2. The smallest absolute Gasteiger partial charge is 0.265 e. The van der Waals surface area contributed by atoms with Crippen LogP contribution in [0.3, 0.4) is 0 Å². The number of fused-ring (bicyclic) bond motifs is 1. The predicted molar refractivity (Wildman–Crippen MR) is 78.1 cm³/mol. The van der Waals surface area contributed by atoms with Crippen LogP contribution in [0.4, 0.5) is 10.8 Å². The molecule has 1 aromatic heterocycles. The van der Waals surface area contributed by atoms with Crippen molar-refractivity contribution in [2.24, 2.45) is 0 Å². The number of carbonyl (C=O) groups is 1. The lowest BCUT2D eigenvalue weighted by atomic mass is 10.2. The van der Waals surface area contributed by atoms with Gasteiger partial charge in [0.25, 0.3) is 15.9 Å². The zero-order valence-corrected chi connectivity index (χ0v) is 12.5. The second kappa shape index (κ2) is 5.01. The molecule has 3 rings (SSSR count). The van der Waals surface area contributed by atoms with Gasteiger partial charge >= 0.3 is 0 Å². The molecule has 2 aromatic rings. The minimum atomic E-state index is -3.76. The molecule has 2 N–H and O–H groups in total. The van der Waals surface area contributed by atoms with Gasteiger partial charge in [-0.05, 0) is 25.1 Å². The summed E-state index contributed by atoms with van der Waals surface area (Å²) < 4.78 is 32.2. The first-order chi connectivity index (χ1) is 9.95. The number of thiazole rings is 1. The maximum absolute atomic E-state index is 12.2. The highest BCUT2D eigenvalue weighted by Crippen LogP contribution is 2.32. The molecule has 0 bridgehead atoms. The van der Waals surface area contributed by atoms with E-state index in [1.54, 1.807) is 12.3 Å². The van der Waals surface area contributed by atoms with Crippen LogP contribution in [0.1, 0.15) is 6.92 Å². The third kappa shape index (κ3) is 2.69. The van der Waals surface area contributed by atoms with Crippen molar-refractivity contribution in [2.75, 3.05) is 10.0 Å². The third-order valence-electron chi connectivity index (χ3n) is 2.85. The summed E-state index contributed by atoms with van der Waals surface area (Å²) in [6, 6.07) is 4.29. The molecule has 110 valence electrons. The summed E-state index contributed by atoms with van der Waals surface area (Å²) in [5.41, 5.74) is 0.333. The SMILES string of the molecule is CC1Oc2ccc(S(=O)(=O)Nc3nccs3)cc2NC1=O. The average Bonchev–Trinajstić information content (AvgIpc) is 2.91. The normalized spacial score (nSPS) is 17.6. The number of rotatable bonds is 3. The Kier molecular flexibility index (Phi) is 3.30. The Labute approximate surface area is 125 Å². The summed E-state index contributed by atoms with van der Waals surface area (Å²) in [5, 5.41) is 4.56. The Morgan fingerprint density at radius 1 is 1.43 bits per heavy atom. The number of nitrogens with one attached hydrogen (secondary N) is 2. The number of sulfonamides is 1. The zero-order valence-electron chi connectivity index (χ0n) is 10.9. The van der Waals surface area contributed by atoms with Gasteiger partial charge in [-0.15, -0.1) is 11.3 Å². The van der Waals surface area contributed by atoms with E-state index in [-0.39, 0.29) is 15.9 Å². The number of hydrogen-bond donors (Lipinski definition) is 2. The van der Waals surface area contributed by atoms with Crippen LogP contribution in [0.2, 0.25) is 0 Å². The van der Waals surface area contributed by atoms with Crippen LogP contribution in [-0.2, 0) is 14.8 Å². The first kappa shape index (κ1) is 13.8. The van der Waals surface area contributed by atoms with Gasteiger partial charge in [0, 0.05) is 11.6 Å². The van der Waals surface area contributed by atoms with E-state index in [0.717, 1.165) is 0 Å². The van der Waals surface area contributed by atoms with Gasteiger partial charge in [-0.3, -0.25) is 9.52 Å². The predicted octanol–water partition coefficient (Wildman–Crippen LogP) is 1.66. The molecule has 1 aliphatic rings. The van der Waals surface area contributed by atoms with E-state index >= 15 is 0 Å². The molecule has 7 nitrogen and oxygen atoms in total. The minimum absolute atomic E-state index is 0.0231. The fourth-order valence-corrected chi connectivity index (χ4v) is 3.62. The van der Waals surface area contributed by atoms with Crippen molar-refractivity contribution in [2.45, 2.75) is 17.9 Å². The van der Waals surface area contributed by atoms with Crippen LogP contribution in [0.5, 0.6) is 5.75 Å². The van der Waals surface area contributed by atoms with E-state index in [1.165, 1.54) is 35.7 Å². The fourth-order valence-electron chi connectivity index (χ4n) is 1.80. The first-order valence-electron chi connectivity index (χ1n) is 5.99. The summed E-state index contributed by atoms with van der Waals surface area (Å²) in [5.74, 6) is 0.125. The number of amides is 1. The summed E-state index contributed by atoms with van der Waals surface area (Å²) in [4.78, 5) is 15.5. The van der Waals surface area contributed by atoms with E-state index in [0.29, 0.717) is 11.4 Å². The Hall–Kier alpha value is -2.13. The maximum Gasteiger partial charge on any atom is 0.265 e. The molecular formula is C12H11N3O4S2. The van der Waals surface area contributed by atoms with Gasteiger partial charge in [0.05, 0.1) is 10.6 Å². The van der Waals surface area contributed by atoms with Gasteiger partial charge in [0.15, 0.2) is 11.2 Å². The molecule has 0 saturated heterocycles. The number of ether oxygens (including phenoxy) is 1. The molecule has 9 heteroatoms. The van der Waals surface area contributed by atoms with E-state index in [2.05, 4.69) is 15.0 Å². The molecule has 1 amide bonds. The van der Waals surface area contributed by atoms with Gasteiger partial charge in [-0.25, -0.2) is 13.4 Å². The van der Waals surface area contributed by atoms with Gasteiger partial charge in [0.2, 0.25) is 0 Å². The monoisotopic (exact) mass is 325 g/mol. The zero-order chi connectivity index (χ0) is 15.0. The standard InChI is InChI=1S/C12H11N3O4S2/c1-7-11(16)14-9-6-8(2-3-10(9)19-7)21(17,18)15-12-13-4-5-20-12/h2-7H,1H3,(H,13,15)(H,14,16). The van der Waals surface area contributed by atoms with Crippen molar-refractivity contribution in [1.82, 2.24) is 4.98 Å². The second-order valence-corrected chi connectivity index (χ2v) is 6.93. The number of nitrogens with zero attached hydrogens (tertiary/aromatic N) is 1. The molecule has 1 aromatic carbocycles. The highest BCUT2D eigenvalue weighted by Gasteiger charge is 2.25. The first-order valence-corrected chi connectivity index (χ1v) is 8.36. The molecule has 1 atom stereocenters. The van der Waals surface area contributed by atoms with Crippen LogP contribution in [0, 0.1) is 0 Å². The van der Waals surface area contributed by atoms with Gasteiger partial charge in [0.1, 0.15) is 5.75 Å². The number of benzene rings is 1. The Morgan fingerprint density at radius 3 is 2.95 bits per heavy atom. The average molecular weight is 325 g/mol. The van der Waals surface area contributed by atoms with Crippen LogP contribution in [-0.4, -0.2) is 25.4 Å². The molecule has 0 spiro atoms. The van der Waals surface area contributed by atoms with Crippen molar-refractivity contribution >= 4 is 38.1 Å². The largest absolute Gasteiger partial charge is 0.479 e. The third-order valence-corrected chi connectivity index (χ3v) is 5.00. The van der Waals surface area contributed by atoms with Crippen molar-refractivity contribution in [3.63, 3.8) is 0 Å². The Morgan fingerprint density at radius 2 is 2.24 bits per heavy atom. The van der Waals surface area contributed by atoms with Crippen LogP contribution in [0.25, 0.3) is 0 Å². The molecular weight excluding hydrogens is 314 g/mol. The van der Waals surface area contributed by atoms with Crippen molar-refractivity contribution in [3.8, 4) is 5.75 Å². The lowest BCUT2D eigenvalue weighted by Crippen LogP contribution is -2.34. The van der Waals surface area contributed by atoms with E-state index in [1.807, 2.05) is 0 Å². The van der Waals surface area contributed by atoms with Gasteiger partial charge in [-0.2, -0.15) is 0 Å².